The second kappa shape index (κ2) is 6.95. The molecule has 1 N–H and O–H groups in total. The summed E-state index contributed by atoms with van der Waals surface area (Å²) in [5, 5.41) is 11.3. The third-order valence-electron chi connectivity index (χ3n) is 4.43. The first-order valence-electron chi connectivity index (χ1n) is 8.57. The van der Waals surface area contributed by atoms with Crippen molar-refractivity contribution < 1.29 is 9.53 Å². The number of fused-ring (bicyclic) bond motifs is 1. The van der Waals surface area contributed by atoms with E-state index >= 15 is 0 Å². The number of pyridine rings is 1. The average molecular weight is 349 g/mol. The van der Waals surface area contributed by atoms with Crippen LogP contribution in [0.5, 0.6) is 11.6 Å². The van der Waals surface area contributed by atoms with E-state index in [1.807, 2.05) is 37.3 Å². The molecule has 1 aromatic carbocycles. The molecule has 0 spiro atoms. The van der Waals surface area contributed by atoms with Gasteiger partial charge in [0.05, 0.1) is 5.56 Å². The molecule has 132 valence electrons. The van der Waals surface area contributed by atoms with Crippen LogP contribution >= 0.6 is 0 Å². The molecule has 26 heavy (non-hydrogen) atoms. The Morgan fingerprint density at radius 1 is 1.19 bits per heavy atom. The first-order valence-corrected chi connectivity index (χ1v) is 8.57. The van der Waals surface area contributed by atoms with E-state index in [-0.39, 0.29) is 11.9 Å². The van der Waals surface area contributed by atoms with Crippen molar-refractivity contribution in [3.8, 4) is 11.6 Å². The van der Waals surface area contributed by atoms with Crippen LogP contribution in [0.2, 0.25) is 0 Å². The topological polar surface area (TPSA) is 81.9 Å². The molecule has 0 bridgehead atoms. The van der Waals surface area contributed by atoms with Crippen LogP contribution in [0.3, 0.4) is 0 Å². The van der Waals surface area contributed by atoms with E-state index in [0.29, 0.717) is 23.7 Å². The second-order valence-electron chi connectivity index (χ2n) is 6.28. The van der Waals surface area contributed by atoms with Crippen molar-refractivity contribution in [2.45, 2.75) is 32.4 Å². The predicted molar refractivity (Wildman–Crippen MR) is 95.1 cm³/mol. The average Bonchev–Trinajstić information content (AvgIpc) is 3.04. The van der Waals surface area contributed by atoms with Crippen molar-refractivity contribution in [2.75, 3.05) is 0 Å². The number of benzene rings is 1. The Kier molecular flexibility index (Phi) is 4.35. The highest BCUT2D eigenvalue weighted by atomic mass is 16.5. The minimum atomic E-state index is -0.136. The molecular formula is C19H19N5O2. The Labute approximate surface area is 151 Å². The zero-order valence-electron chi connectivity index (χ0n) is 14.4. The van der Waals surface area contributed by atoms with Crippen LogP contribution in [0, 0.1) is 6.92 Å². The molecule has 7 nitrogen and oxygen atoms in total. The minimum absolute atomic E-state index is 0.0601. The van der Waals surface area contributed by atoms with Gasteiger partial charge in [-0.05, 0) is 31.5 Å². The van der Waals surface area contributed by atoms with Crippen molar-refractivity contribution in [1.29, 1.82) is 0 Å². The summed E-state index contributed by atoms with van der Waals surface area (Å²) >= 11 is 0. The highest BCUT2D eigenvalue weighted by Gasteiger charge is 2.23. The normalized spacial score (nSPS) is 16.0. The molecule has 7 heteroatoms. The van der Waals surface area contributed by atoms with E-state index in [2.05, 4.69) is 25.1 Å². The predicted octanol–water partition coefficient (Wildman–Crippen LogP) is 2.52. The first kappa shape index (κ1) is 16.3. The number of aryl methyl sites for hydroxylation is 2. The Bertz CT molecular complexity index is 905. The number of hydrogen-bond acceptors (Lipinski definition) is 5. The fourth-order valence-electron chi connectivity index (χ4n) is 3.03. The molecule has 2 aromatic heterocycles. The van der Waals surface area contributed by atoms with Crippen LogP contribution in [-0.2, 0) is 13.0 Å². The SMILES string of the molecule is Cc1nnc2n1CC(NC(=O)c1ccc(Oc3ccccc3)nc1)CC2. The van der Waals surface area contributed by atoms with Crippen molar-refractivity contribution in [3.05, 3.63) is 65.9 Å². The third-order valence-corrected chi connectivity index (χ3v) is 4.43. The Hall–Kier alpha value is -3.22. The number of carbonyl (C=O) groups is 1. The molecule has 0 aliphatic carbocycles. The van der Waals surface area contributed by atoms with Gasteiger partial charge >= 0.3 is 0 Å². The van der Waals surface area contributed by atoms with E-state index in [1.54, 1.807) is 12.1 Å². The summed E-state index contributed by atoms with van der Waals surface area (Å²) in [7, 11) is 0. The summed E-state index contributed by atoms with van der Waals surface area (Å²) < 4.78 is 7.71. The van der Waals surface area contributed by atoms with Gasteiger partial charge in [0.15, 0.2) is 0 Å². The quantitative estimate of drug-likeness (QED) is 0.783. The van der Waals surface area contributed by atoms with Gasteiger partial charge in [-0.2, -0.15) is 0 Å². The maximum Gasteiger partial charge on any atom is 0.253 e. The van der Waals surface area contributed by atoms with Crippen molar-refractivity contribution in [3.63, 3.8) is 0 Å². The number of nitrogens with zero attached hydrogens (tertiary/aromatic N) is 4. The van der Waals surface area contributed by atoms with Gasteiger partial charge in [-0.3, -0.25) is 4.79 Å². The molecule has 0 fully saturated rings. The van der Waals surface area contributed by atoms with E-state index in [0.717, 1.165) is 24.5 Å². The maximum atomic E-state index is 12.5. The highest BCUT2D eigenvalue weighted by Crippen LogP contribution is 2.19. The summed E-state index contributed by atoms with van der Waals surface area (Å²) in [6.07, 6.45) is 3.20. The van der Waals surface area contributed by atoms with Gasteiger partial charge in [0.1, 0.15) is 17.4 Å². The molecule has 1 atom stereocenters. The van der Waals surface area contributed by atoms with Crippen LogP contribution in [0.4, 0.5) is 0 Å². The highest BCUT2D eigenvalue weighted by molar-refractivity contribution is 5.94. The van der Waals surface area contributed by atoms with E-state index in [9.17, 15) is 4.79 Å². The molecule has 3 heterocycles. The van der Waals surface area contributed by atoms with Gasteiger partial charge in [0.2, 0.25) is 5.88 Å². The Balaban J connectivity index is 1.39. The fourth-order valence-corrected chi connectivity index (χ4v) is 3.03. The van der Waals surface area contributed by atoms with Crippen molar-refractivity contribution in [2.24, 2.45) is 0 Å². The van der Waals surface area contributed by atoms with Gasteiger partial charge in [0, 0.05) is 31.3 Å². The molecule has 3 aromatic rings. The second-order valence-corrected chi connectivity index (χ2v) is 6.28. The summed E-state index contributed by atoms with van der Waals surface area (Å²) in [5.74, 6) is 2.89. The lowest BCUT2D eigenvalue weighted by molar-refractivity contribution is 0.0927. The molecule has 1 aliphatic rings. The fraction of sp³-hybridized carbons (Fsp3) is 0.263. The largest absolute Gasteiger partial charge is 0.439 e. The zero-order chi connectivity index (χ0) is 17.9. The van der Waals surface area contributed by atoms with Crippen LogP contribution in [0.25, 0.3) is 0 Å². The number of rotatable bonds is 4. The summed E-state index contributed by atoms with van der Waals surface area (Å²) in [4.78, 5) is 16.7. The van der Waals surface area contributed by atoms with Gasteiger partial charge in [-0.1, -0.05) is 18.2 Å². The Morgan fingerprint density at radius 2 is 2.04 bits per heavy atom. The van der Waals surface area contributed by atoms with Crippen molar-refractivity contribution >= 4 is 5.91 Å². The molecule has 1 amide bonds. The Morgan fingerprint density at radius 3 is 2.81 bits per heavy atom. The molecule has 0 saturated carbocycles. The van der Waals surface area contributed by atoms with E-state index < -0.39 is 0 Å². The number of amides is 1. The number of nitrogens with one attached hydrogen (secondary N) is 1. The summed E-state index contributed by atoms with van der Waals surface area (Å²) in [5.41, 5.74) is 0.511. The standard InChI is InChI=1S/C19H19N5O2/c1-13-22-23-17-9-8-15(12-24(13)17)21-19(25)14-7-10-18(20-11-14)26-16-5-3-2-4-6-16/h2-7,10-11,15H,8-9,12H2,1H3,(H,21,25). The van der Waals surface area contributed by atoms with Gasteiger partial charge in [0.25, 0.3) is 5.91 Å². The van der Waals surface area contributed by atoms with Crippen LogP contribution < -0.4 is 10.1 Å². The molecular weight excluding hydrogens is 330 g/mol. The first-order chi connectivity index (χ1) is 12.7. The third kappa shape index (κ3) is 3.42. The van der Waals surface area contributed by atoms with Crippen LogP contribution in [-0.4, -0.2) is 31.7 Å². The number of carbonyl (C=O) groups excluding carboxylic acids is 1. The lowest BCUT2D eigenvalue weighted by atomic mass is 10.1. The lowest BCUT2D eigenvalue weighted by Crippen LogP contribution is -2.41. The number of hydrogen-bond donors (Lipinski definition) is 1. The zero-order valence-corrected chi connectivity index (χ0v) is 14.4. The van der Waals surface area contributed by atoms with Crippen LogP contribution in [0.1, 0.15) is 28.4 Å². The smallest absolute Gasteiger partial charge is 0.253 e. The van der Waals surface area contributed by atoms with E-state index in [4.69, 9.17) is 4.74 Å². The number of ether oxygens (including phenoxy) is 1. The molecule has 0 radical (unpaired) electrons. The van der Waals surface area contributed by atoms with Gasteiger partial charge in [-0.15, -0.1) is 10.2 Å². The molecule has 1 unspecified atom stereocenters. The minimum Gasteiger partial charge on any atom is -0.439 e. The van der Waals surface area contributed by atoms with Crippen LogP contribution in [0.15, 0.2) is 48.7 Å². The molecule has 4 rings (SSSR count). The monoisotopic (exact) mass is 349 g/mol. The summed E-state index contributed by atoms with van der Waals surface area (Å²) in [6, 6.07) is 12.9. The molecule has 0 saturated heterocycles. The lowest BCUT2D eigenvalue weighted by Gasteiger charge is -2.24. The molecule has 1 aliphatic heterocycles. The summed E-state index contributed by atoms with van der Waals surface area (Å²) in [6.45, 7) is 2.62. The van der Waals surface area contributed by atoms with Gasteiger partial charge in [-0.25, -0.2) is 4.98 Å². The van der Waals surface area contributed by atoms with Gasteiger partial charge < -0.3 is 14.6 Å². The maximum absolute atomic E-state index is 12.5. The number of para-hydroxylation sites is 1. The van der Waals surface area contributed by atoms with E-state index in [1.165, 1.54) is 6.20 Å². The van der Waals surface area contributed by atoms with Crippen molar-refractivity contribution in [1.82, 2.24) is 25.1 Å². The number of aromatic nitrogens is 4.